The molecular formula is C13H11N3O. The first kappa shape index (κ1) is 9.72. The lowest BCUT2D eigenvalue weighted by molar-refractivity contribution is 0.478. The lowest BCUT2D eigenvalue weighted by Crippen LogP contribution is -1.93. The van der Waals surface area contributed by atoms with Crippen molar-refractivity contribution >= 4 is 11.3 Å². The number of imidazole rings is 1. The smallest absolute Gasteiger partial charge is 0.143 e. The number of anilines is 1. The summed E-state index contributed by atoms with van der Waals surface area (Å²) in [5.74, 6) is 0.0581. The highest BCUT2D eigenvalue weighted by Gasteiger charge is 2.07. The van der Waals surface area contributed by atoms with Crippen molar-refractivity contribution in [3.63, 3.8) is 0 Å². The topological polar surface area (TPSA) is 63.5 Å². The second kappa shape index (κ2) is 3.52. The summed E-state index contributed by atoms with van der Waals surface area (Å²) >= 11 is 0. The second-order valence-corrected chi connectivity index (χ2v) is 3.85. The SMILES string of the molecule is Nc1cn2c(-c3ccccc3)cnc2cc1O. The van der Waals surface area contributed by atoms with Crippen molar-refractivity contribution in [2.24, 2.45) is 0 Å². The molecule has 2 aromatic heterocycles. The number of nitrogens with zero attached hydrogens (tertiary/aromatic N) is 2. The average molecular weight is 225 g/mol. The summed E-state index contributed by atoms with van der Waals surface area (Å²) in [6.07, 6.45) is 3.45. The van der Waals surface area contributed by atoms with E-state index in [4.69, 9.17) is 5.73 Å². The summed E-state index contributed by atoms with van der Waals surface area (Å²) in [6, 6.07) is 11.5. The highest BCUT2D eigenvalue weighted by molar-refractivity contribution is 5.67. The van der Waals surface area contributed by atoms with Crippen molar-refractivity contribution in [2.45, 2.75) is 0 Å². The Morgan fingerprint density at radius 1 is 1.18 bits per heavy atom. The molecule has 1 aromatic carbocycles. The quantitative estimate of drug-likeness (QED) is 0.667. The average Bonchev–Trinajstić information content (AvgIpc) is 2.74. The molecule has 2 heterocycles. The molecule has 3 rings (SSSR count). The summed E-state index contributed by atoms with van der Waals surface area (Å²) in [5.41, 5.74) is 8.72. The van der Waals surface area contributed by atoms with Gasteiger partial charge in [0.05, 0.1) is 17.6 Å². The molecule has 0 fully saturated rings. The Labute approximate surface area is 98.0 Å². The number of nitrogen functional groups attached to an aromatic ring is 1. The molecule has 0 saturated carbocycles. The zero-order valence-corrected chi connectivity index (χ0v) is 9.04. The molecule has 84 valence electrons. The van der Waals surface area contributed by atoms with E-state index in [0.717, 1.165) is 11.3 Å². The third-order valence-electron chi connectivity index (χ3n) is 2.72. The molecule has 0 aliphatic carbocycles. The molecule has 0 unspecified atom stereocenters. The van der Waals surface area contributed by atoms with E-state index in [0.29, 0.717) is 11.3 Å². The maximum Gasteiger partial charge on any atom is 0.143 e. The molecule has 4 nitrogen and oxygen atoms in total. The summed E-state index contributed by atoms with van der Waals surface area (Å²) in [7, 11) is 0. The van der Waals surface area contributed by atoms with E-state index in [1.807, 2.05) is 34.7 Å². The maximum absolute atomic E-state index is 9.52. The van der Waals surface area contributed by atoms with E-state index >= 15 is 0 Å². The number of aromatic nitrogens is 2. The normalized spacial score (nSPS) is 10.8. The fraction of sp³-hybridized carbons (Fsp3) is 0. The molecule has 3 N–H and O–H groups in total. The molecule has 17 heavy (non-hydrogen) atoms. The first-order chi connectivity index (χ1) is 8.25. The minimum absolute atomic E-state index is 0.0581. The predicted molar refractivity (Wildman–Crippen MR) is 66.7 cm³/mol. The van der Waals surface area contributed by atoms with E-state index in [2.05, 4.69) is 4.98 Å². The number of hydrogen-bond acceptors (Lipinski definition) is 3. The van der Waals surface area contributed by atoms with Gasteiger partial charge in [-0.05, 0) is 0 Å². The number of hydrogen-bond donors (Lipinski definition) is 2. The van der Waals surface area contributed by atoms with Gasteiger partial charge in [0.25, 0.3) is 0 Å². The van der Waals surface area contributed by atoms with Gasteiger partial charge >= 0.3 is 0 Å². The van der Waals surface area contributed by atoms with Crippen LogP contribution in [0.4, 0.5) is 5.69 Å². The lowest BCUT2D eigenvalue weighted by atomic mass is 10.2. The Morgan fingerprint density at radius 3 is 2.71 bits per heavy atom. The molecule has 0 radical (unpaired) electrons. The van der Waals surface area contributed by atoms with Crippen LogP contribution in [0, 0.1) is 0 Å². The molecule has 0 atom stereocenters. The fourth-order valence-corrected chi connectivity index (χ4v) is 1.85. The van der Waals surface area contributed by atoms with E-state index < -0.39 is 0 Å². The van der Waals surface area contributed by atoms with Crippen molar-refractivity contribution in [1.29, 1.82) is 0 Å². The van der Waals surface area contributed by atoms with E-state index in [-0.39, 0.29) is 5.75 Å². The number of fused-ring (bicyclic) bond motifs is 1. The third kappa shape index (κ3) is 1.50. The van der Waals surface area contributed by atoms with Crippen molar-refractivity contribution in [3.8, 4) is 17.0 Å². The van der Waals surface area contributed by atoms with Crippen LogP contribution >= 0.6 is 0 Å². The Hall–Kier alpha value is -2.49. The van der Waals surface area contributed by atoms with Crippen LogP contribution in [0.1, 0.15) is 0 Å². The number of benzene rings is 1. The Balaban J connectivity index is 2.29. The van der Waals surface area contributed by atoms with Gasteiger partial charge in [0.15, 0.2) is 0 Å². The van der Waals surface area contributed by atoms with Gasteiger partial charge in [-0.15, -0.1) is 0 Å². The van der Waals surface area contributed by atoms with E-state index in [1.165, 1.54) is 0 Å². The molecule has 4 heteroatoms. The van der Waals surface area contributed by atoms with Crippen molar-refractivity contribution in [2.75, 3.05) is 5.73 Å². The van der Waals surface area contributed by atoms with Gasteiger partial charge in [-0.3, -0.25) is 4.40 Å². The first-order valence-electron chi connectivity index (χ1n) is 5.26. The minimum Gasteiger partial charge on any atom is -0.506 e. The van der Waals surface area contributed by atoms with Gasteiger partial charge in [-0.2, -0.15) is 0 Å². The molecule has 0 aliphatic rings. The minimum atomic E-state index is 0.0581. The second-order valence-electron chi connectivity index (χ2n) is 3.85. The summed E-state index contributed by atoms with van der Waals surface area (Å²) in [5, 5.41) is 9.52. The Bertz CT molecular complexity index is 674. The van der Waals surface area contributed by atoms with Crippen LogP contribution in [0.3, 0.4) is 0 Å². The van der Waals surface area contributed by atoms with E-state index in [1.54, 1.807) is 18.5 Å². The van der Waals surface area contributed by atoms with Crippen molar-refractivity contribution < 1.29 is 5.11 Å². The molecular weight excluding hydrogens is 214 g/mol. The van der Waals surface area contributed by atoms with Crippen molar-refractivity contribution in [1.82, 2.24) is 9.38 Å². The Kier molecular flexibility index (Phi) is 2.01. The highest BCUT2D eigenvalue weighted by Crippen LogP contribution is 2.26. The number of nitrogens with two attached hydrogens (primary N) is 1. The molecule has 0 saturated heterocycles. The van der Waals surface area contributed by atoms with Crippen LogP contribution in [-0.2, 0) is 0 Å². The van der Waals surface area contributed by atoms with Crippen LogP contribution < -0.4 is 5.73 Å². The van der Waals surface area contributed by atoms with Crippen molar-refractivity contribution in [3.05, 3.63) is 48.8 Å². The van der Waals surface area contributed by atoms with Gasteiger partial charge in [-0.25, -0.2) is 4.98 Å². The van der Waals surface area contributed by atoms with Gasteiger partial charge in [-0.1, -0.05) is 30.3 Å². The van der Waals surface area contributed by atoms with Crippen LogP contribution in [0.5, 0.6) is 5.75 Å². The largest absolute Gasteiger partial charge is 0.506 e. The fourth-order valence-electron chi connectivity index (χ4n) is 1.85. The van der Waals surface area contributed by atoms with Crippen LogP contribution in [0.15, 0.2) is 48.8 Å². The maximum atomic E-state index is 9.52. The molecule has 3 aromatic rings. The van der Waals surface area contributed by atoms with Crippen LogP contribution in [0.25, 0.3) is 16.9 Å². The Morgan fingerprint density at radius 2 is 1.94 bits per heavy atom. The van der Waals surface area contributed by atoms with Crippen LogP contribution in [-0.4, -0.2) is 14.5 Å². The van der Waals surface area contributed by atoms with Gasteiger partial charge < -0.3 is 10.8 Å². The van der Waals surface area contributed by atoms with Crippen LogP contribution in [0.2, 0.25) is 0 Å². The third-order valence-corrected chi connectivity index (χ3v) is 2.72. The van der Waals surface area contributed by atoms with Gasteiger partial charge in [0.1, 0.15) is 11.4 Å². The summed E-state index contributed by atoms with van der Waals surface area (Å²) < 4.78 is 1.87. The highest BCUT2D eigenvalue weighted by atomic mass is 16.3. The molecule has 0 spiro atoms. The zero-order chi connectivity index (χ0) is 11.8. The number of rotatable bonds is 1. The summed E-state index contributed by atoms with van der Waals surface area (Å²) in [6.45, 7) is 0. The zero-order valence-electron chi connectivity index (χ0n) is 9.04. The first-order valence-corrected chi connectivity index (χ1v) is 5.26. The number of aromatic hydroxyl groups is 1. The van der Waals surface area contributed by atoms with E-state index in [9.17, 15) is 5.11 Å². The predicted octanol–water partition coefficient (Wildman–Crippen LogP) is 2.29. The molecule has 0 amide bonds. The van der Waals surface area contributed by atoms with Gasteiger partial charge in [0.2, 0.25) is 0 Å². The molecule has 0 bridgehead atoms. The standard InChI is InChI=1S/C13H11N3O/c14-10-8-16-11(9-4-2-1-3-5-9)7-15-13(16)6-12(10)17/h1-8,17H,14H2. The van der Waals surface area contributed by atoms with Gasteiger partial charge in [0, 0.05) is 17.8 Å². The number of pyridine rings is 1. The summed E-state index contributed by atoms with van der Waals surface area (Å²) in [4.78, 5) is 4.24. The lowest BCUT2D eigenvalue weighted by Gasteiger charge is -2.04. The monoisotopic (exact) mass is 225 g/mol. The molecule has 0 aliphatic heterocycles.